The molecule has 0 spiro atoms. The molecule has 0 bridgehead atoms. The highest BCUT2D eigenvalue weighted by Crippen LogP contribution is 2.26. The minimum Gasteiger partial charge on any atom is -0.497 e. The summed E-state index contributed by atoms with van der Waals surface area (Å²) in [5.41, 5.74) is 1.54. The lowest BCUT2D eigenvalue weighted by Crippen LogP contribution is -2.45. The van der Waals surface area contributed by atoms with E-state index in [9.17, 15) is 13.2 Å². The highest BCUT2D eigenvalue weighted by Gasteiger charge is 2.34. The summed E-state index contributed by atoms with van der Waals surface area (Å²) in [6.45, 7) is 3.68. The lowest BCUT2D eigenvalue weighted by atomic mass is 9.96. The largest absolute Gasteiger partial charge is 0.497 e. The quantitative estimate of drug-likeness (QED) is 0.651. The van der Waals surface area contributed by atoms with Gasteiger partial charge in [0.25, 0.3) is 0 Å². The van der Waals surface area contributed by atoms with Gasteiger partial charge in [-0.1, -0.05) is 0 Å². The first-order valence-corrected chi connectivity index (χ1v) is 13.0. The molecule has 2 aromatic rings. The lowest BCUT2D eigenvalue weighted by Gasteiger charge is -2.33. The van der Waals surface area contributed by atoms with Crippen molar-refractivity contribution in [3.63, 3.8) is 0 Å². The summed E-state index contributed by atoms with van der Waals surface area (Å²) in [5.74, 6) is 0.801. The lowest BCUT2D eigenvalue weighted by molar-refractivity contribution is -0.136. The van der Waals surface area contributed by atoms with Crippen molar-refractivity contribution in [1.82, 2.24) is 9.21 Å². The smallest absolute Gasteiger partial charge is 0.243 e. The van der Waals surface area contributed by atoms with E-state index in [1.165, 1.54) is 28.6 Å². The van der Waals surface area contributed by atoms with Crippen LogP contribution in [-0.4, -0.2) is 69.9 Å². The van der Waals surface area contributed by atoms with E-state index in [0.29, 0.717) is 38.0 Å². The maximum Gasteiger partial charge on any atom is 0.243 e. The van der Waals surface area contributed by atoms with Gasteiger partial charge in [0, 0.05) is 50.9 Å². The molecule has 2 aliphatic rings. The van der Waals surface area contributed by atoms with Gasteiger partial charge in [0.2, 0.25) is 15.9 Å². The van der Waals surface area contributed by atoms with Crippen LogP contribution in [0.5, 0.6) is 5.75 Å². The third-order valence-electron chi connectivity index (χ3n) is 6.67. The van der Waals surface area contributed by atoms with Crippen molar-refractivity contribution in [3.8, 4) is 11.8 Å². The molecule has 0 aromatic heterocycles. The number of amides is 1. The number of nitriles is 1. The van der Waals surface area contributed by atoms with Crippen LogP contribution in [0.4, 0.5) is 5.69 Å². The van der Waals surface area contributed by atoms with Gasteiger partial charge in [-0.15, -0.1) is 0 Å². The summed E-state index contributed by atoms with van der Waals surface area (Å²) >= 11 is 0. The van der Waals surface area contributed by atoms with Gasteiger partial charge in [-0.25, -0.2) is 8.42 Å². The number of nitrogens with zero attached hydrogens (tertiary/aromatic N) is 4. The minimum absolute atomic E-state index is 0.131. The van der Waals surface area contributed by atoms with E-state index < -0.39 is 10.0 Å². The van der Waals surface area contributed by atoms with Crippen molar-refractivity contribution in [1.29, 1.82) is 5.26 Å². The Labute approximate surface area is 201 Å². The minimum atomic E-state index is -3.63. The second-order valence-corrected chi connectivity index (χ2v) is 10.6. The van der Waals surface area contributed by atoms with Crippen LogP contribution in [0, 0.1) is 17.2 Å². The summed E-state index contributed by atoms with van der Waals surface area (Å²) in [6.07, 6.45) is 1.93. The van der Waals surface area contributed by atoms with E-state index in [0.717, 1.165) is 37.5 Å². The molecule has 4 rings (SSSR count). The van der Waals surface area contributed by atoms with Gasteiger partial charge in [0.05, 0.1) is 23.6 Å². The van der Waals surface area contributed by atoms with Crippen molar-refractivity contribution >= 4 is 21.6 Å². The zero-order valence-corrected chi connectivity index (χ0v) is 20.2. The molecule has 1 amide bonds. The van der Waals surface area contributed by atoms with Crippen LogP contribution in [0.25, 0.3) is 0 Å². The molecule has 9 heteroatoms. The first-order valence-electron chi connectivity index (χ1n) is 11.6. The van der Waals surface area contributed by atoms with E-state index in [1.807, 2.05) is 35.2 Å². The van der Waals surface area contributed by atoms with Gasteiger partial charge in [0.1, 0.15) is 5.75 Å². The predicted molar refractivity (Wildman–Crippen MR) is 129 cm³/mol. The fourth-order valence-electron chi connectivity index (χ4n) is 4.64. The topological polar surface area (TPSA) is 93.9 Å². The molecular weight excluding hydrogens is 452 g/mol. The van der Waals surface area contributed by atoms with Crippen LogP contribution >= 0.6 is 0 Å². The molecule has 0 unspecified atom stereocenters. The number of ether oxygens (including phenoxy) is 1. The zero-order chi connectivity index (χ0) is 24.1. The van der Waals surface area contributed by atoms with Crippen LogP contribution in [0.15, 0.2) is 53.4 Å². The van der Waals surface area contributed by atoms with Crippen molar-refractivity contribution < 1.29 is 17.9 Å². The number of piperidine rings is 1. The Balaban J connectivity index is 1.32. The average molecular weight is 483 g/mol. The molecule has 180 valence electrons. The molecule has 0 saturated carbocycles. The second-order valence-electron chi connectivity index (χ2n) is 8.68. The third kappa shape index (κ3) is 5.18. The Morgan fingerprint density at radius 2 is 1.62 bits per heavy atom. The summed E-state index contributed by atoms with van der Waals surface area (Å²) in [4.78, 5) is 17.6. The van der Waals surface area contributed by atoms with Gasteiger partial charge in [-0.3, -0.25) is 4.79 Å². The molecule has 2 saturated heterocycles. The van der Waals surface area contributed by atoms with Crippen LogP contribution in [0.3, 0.4) is 0 Å². The highest BCUT2D eigenvalue weighted by molar-refractivity contribution is 7.89. The molecular formula is C25H30N4O4S. The number of carbonyl (C=O) groups is 1. The standard InChI is InChI=1S/C25H30N4O4S/c1-33-23-7-5-22(6-8-23)27-13-2-14-28(18-17-27)25(30)21-11-15-29(16-12-21)34(31,32)24-9-3-20(19-26)4-10-24/h3-10,21H,2,11-18H2,1H3. The van der Waals surface area contributed by atoms with Crippen molar-refractivity contribution in [3.05, 3.63) is 54.1 Å². The SMILES string of the molecule is COc1ccc(N2CCCN(C(=O)C3CCN(S(=O)(=O)c4ccc(C#N)cc4)CC3)CC2)cc1. The van der Waals surface area contributed by atoms with Gasteiger partial charge in [-0.05, 0) is 67.8 Å². The van der Waals surface area contributed by atoms with Crippen molar-refractivity contribution in [2.75, 3.05) is 51.3 Å². The molecule has 0 radical (unpaired) electrons. The zero-order valence-electron chi connectivity index (χ0n) is 19.4. The number of hydrogen-bond acceptors (Lipinski definition) is 6. The van der Waals surface area contributed by atoms with E-state index in [-0.39, 0.29) is 16.7 Å². The van der Waals surface area contributed by atoms with Gasteiger partial charge < -0.3 is 14.5 Å². The number of hydrogen-bond donors (Lipinski definition) is 0. The first-order chi connectivity index (χ1) is 16.4. The van der Waals surface area contributed by atoms with Crippen molar-refractivity contribution in [2.45, 2.75) is 24.2 Å². The number of benzene rings is 2. The normalized spacial score (nSPS) is 18.2. The van der Waals surface area contributed by atoms with E-state index in [2.05, 4.69) is 4.90 Å². The summed E-state index contributed by atoms with van der Waals surface area (Å²) in [6, 6.07) is 15.9. The van der Waals surface area contributed by atoms with E-state index >= 15 is 0 Å². The molecule has 0 N–H and O–H groups in total. The summed E-state index contributed by atoms with van der Waals surface area (Å²) in [5, 5.41) is 8.93. The Morgan fingerprint density at radius 1 is 0.941 bits per heavy atom. The second kappa shape index (κ2) is 10.5. The van der Waals surface area contributed by atoms with Gasteiger partial charge in [0.15, 0.2) is 0 Å². The third-order valence-corrected chi connectivity index (χ3v) is 8.58. The van der Waals surface area contributed by atoms with E-state index in [4.69, 9.17) is 10.00 Å². The first kappa shape index (κ1) is 24.0. The van der Waals surface area contributed by atoms with Gasteiger partial charge in [-0.2, -0.15) is 9.57 Å². The molecule has 2 aromatic carbocycles. The molecule has 34 heavy (non-hydrogen) atoms. The average Bonchev–Trinajstić information content (AvgIpc) is 3.15. The molecule has 8 nitrogen and oxygen atoms in total. The molecule has 2 heterocycles. The number of methoxy groups -OCH3 is 1. The molecule has 0 aliphatic carbocycles. The molecule has 2 fully saturated rings. The Bertz CT molecular complexity index is 1130. The van der Waals surface area contributed by atoms with E-state index in [1.54, 1.807) is 7.11 Å². The number of sulfonamides is 1. The van der Waals surface area contributed by atoms with Crippen LogP contribution in [0.1, 0.15) is 24.8 Å². The Kier molecular flexibility index (Phi) is 7.39. The summed E-state index contributed by atoms with van der Waals surface area (Å²) < 4.78 is 32.6. The number of anilines is 1. The molecule has 0 atom stereocenters. The Morgan fingerprint density at radius 3 is 2.24 bits per heavy atom. The number of carbonyl (C=O) groups excluding carboxylic acids is 1. The Hall–Kier alpha value is -3.09. The maximum absolute atomic E-state index is 13.2. The van der Waals surface area contributed by atoms with Crippen LogP contribution in [-0.2, 0) is 14.8 Å². The highest BCUT2D eigenvalue weighted by atomic mass is 32.2. The number of rotatable bonds is 5. The van der Waals surface area contributed by atoms with Crippen LogP contribution in [0.2, 0.25) is 0 Å². The monoisotopic (exact) mass is 482 g/mol. The fourth-order valence-corrected chi connectivity index (χ4v) is 6.11. The predicted octanol–water partition coefficient (Wildman–Crippen LogP) is 2.71. The fraction of sp³-hybridized carbons (Fsp3) is 0.440. The summed E-state index contributed by atoms with van der Waals surface area (Å²) in [7, 11) is -1.98. The maximum atomic E-state index is 13.2. The van der Waals surface area contributed by atoms with Gasteiger partial charge >= 0.3 is 0 Å². The van der Waals surface area contributed by atoms with Crippen molar-refractivity contribution in [2.24, 2.45) is 5.92 Å². The molecule has 2 aliphatic heterocycles. The van der Waals surface area contributed by atoms with Crippen LogP contribution < -0.4 is 9.64 Å².